The third-order valence-electron chi connectivity index (χ3n) is 6.60. The Bertz CT molecular complexity index is 1470. The molecule has 42 heavy (non-hydrogen) atoms. The highest BCUT2D eigenvalue weighted by molar-refractivity contribution is 9.10. The number of sulfonamides is 1. The van der Waals surface area contributed by atoms with E-state index in [2.05, 4.69) is 21.2 Å². The normalized spacial score (nSPS) is 12.4. The van der Waals surface area contributed by atoms with Crippen LogP contribution in [0.5, 0.6) is 5.75 Å². The molecule has 3 rings (SSSR count). The zero-order valence-electron chi connectivity index (χ0n) is 25.1. The Labute approximate surface area is 258 Å². The van der Waals surface area contributed by atoms with Gasteiger partial charge in [-0.05, 0) is 101 Å². The molecule has 10 heteroatoms. The van der Waals surface area contributed by atoms with Gasteiger partial charge in [0.1, 0.15) is 18.3 Å². The van der Waals surface area contributed by atoms with Crippen LogP contribution < -0.4 is 14.4 Å². The topological polar surface area (TPSA) is 96.0 Å². The summed E-state index contributed by atoms with van der Waals surface area (Å²) in [5.74, 6) is -0.210. The Morgan fingerprint density at radius 3 is 2.12 bits per heavy atom. The molecule has 0 fully saturated rings. The number of hydrogen-bond acceptors (Lipinski definition) is 5. The molecule has 8 nitrogen and oxygen atoms in total. The average Bonchev–Trinajstić information content (AvgIpc) is 2.92. The van der Waals surface area contributed by atoms with Crippen molar-refractivity contribution >= 4 is 43.5 Å². The molecule has 2 amide bonds. The summed E-state index contributed by atoms with van der Waals surface area (Å²) in [6.45, 7) is 11.4. The molecular formula is C32H40BrN3O5S. The van der Waals surface area contributed by atoms with Crippen LogP contribution >= 0.6 is 15.9 Å². The molecule has 3 aromatic rings. The summed E-state index contributed by atoms with van der Waals surface area (Å²) in [5.41, 5.74) is 1.63. The van der Waals surface area contributed by atoms with Gasteiger partial charge in [-0.1, -0.05) is 47.1 Å². The first kappa shape index (κ1) is 33.1. The minimum absolute atomic E-state index is 0.0374. The lowest BCUT2D eigenvalue weighted by molar-refractivity contribution is -0.141. The molecule has 0 aliphatic rings. The molecule has 0 aliphatic carbocycles. The van der Waals surface area contributed by atoms with E-state index in [1.165, 1.54) is 17.0 Å². The van der Waals surface area contributed by atoms with Crippen LogP contribution in [0.1, 0.15) is 52.2 Å². The van der Waals surface area contributed by atoms with Gasteiger partial charge >= 0.3 is 0 Å². The molecule has 0 radical (unpaired) electrons. The number of ether oxygens (including phenoxy) is 1. The number of hydrogen-bond donors (Lipinski definition) is 1. The van der Waals surface area contributed by atoms with Crippen LogP contribution in [0, 0.1) is 6.92 Å². The number of rotatable bonds is 12. The lowest BCUT2D eigenvalue weighted by Crippen LogP contribution is -2.55. The summed E-state index contributed by atoms with van der Waals surface area (Å²) in [4.78, 5) is 29.2. The van der Waals surface area contributed by atoms with Crippen molar-refractivity contribution in [1.29, 1.82) is 0 Å². The average molecular weight is 659 g/mol. The van der Waals surface area contributed by atoms with E-state index in [0.717, 1.165) is 19.9 Å². The van der Waals surface area contributed by atoms with Crippen molar-refractivity contribution in [3.05, 3.63) is 88.4 Å². The zero-order valence-corrected chi connectivity index (χ0v) is 27.5. The van der Waals surface area contributed by atoms with Crippen molar-refractivity contribution in [1.82, 2.24) is 10.2 Å². The second kappa shape index (κ2) is 14.2. The van der Waals surface area contributed by atoms with Crippen molar-refractivity contribution in [3.63, 3.8) is 0 Å². The molecule has 0 aliphatic heterocycles. The second-order valence-corrected chi connectivity index (χ2v) is 13.8. The van der Waals surface area contributed by atoms with E-state index in [4.69, 9.17) is 4.74 Å². The van der Waals surface area contributed by atoms with Gasteiger partial charge in [0.2, 0.25) is 11.8 Å². The van der Waals surface area contributed by atoms with Crippen molar-refractivity contribution in [3.8, 4) is 5.75 Å². The maximum absolute atomic E-state index is 14.2. The van der Waals surface area contributed by atoms with Gasteiger partial charge in [-0.25, -0.2) is 8.42 Å². The maximum Gasteiger partial charge on any atom is 0.264 e. The highest BCUT2D eigenvalue weighted by Gasteiger charge is 2.34. The number of anilines is 1. The molecule has 0 spiro atoms. The van der Waals surface area contributed by atoms with Gasteiger partial charge in [-0.2, -0.15) is 0 Å². The molecule has 3 aromatic carbocycles. The first-order valence-corrected chi connectivity index (χ1v) is 16.2. The number of amides is 2. The highest BCUT2D eigenvalue weighted by atomic mass is 79.9. The van der Waals surface area contributed by atoms with Gasteiger partial charge in [0.25, 0.3) is 10.0 Å². The first-order chi connectivity index (χ1) is 19.8. The highest BCUT2D eigenvalue weighted by Crippen LogP contribution is 2.28. The van der Waals surface area contributed by atoms with E-state index in [0.29, 0.717) is 24.5 Å². The van der Waals surface area contributed by atoms with E-state index in [1.54, 1.807) is 36.4 Å². The van der Waals surface area contributed by atoms with E-state index in [1.807, 2.05) is 65.8 Å². The largest absolute Gasteiger partial charge is 0.494 e. The molecule has 1 atom stereocenters. The fourth-order valence-electron chi connectivity index (χ4n) is 4.48. The van der Waals surface area contributed by atoms with Crippen molar-refractivity contribution in [2.75, 3.05) is 17.5 Å². The van der Waals surface area contributed by atoms with Crippen LogP contribution in [0.4, 0.5) is 5.69 Å². The Kier molecular flexibility index (Phi) is 11.2. The molecule has 226 valence electrons. The molecule has 0 saturated carbocycles. The predicted molar refractivity (Wildman–Crippen MR) is 170 cm³/mol. The molecule has 0 bridgehead atoms. The van der Waals surface area contributed by atoms with Gasteiger partial charge < -0.3 is 15.0 Å². The summed E-state index contributed by atoms with van der Waals surface area (Å²) in [7, 11) is -4.16. The third-order valence-corrected chi connectivity index (χ3v) is 8.92. The number of nitrogens with zero attached hydrogens (tertiary/aromatic N) is 2. The van der Waals surface area contributed by atoms with Crippen LogP contribution in [0.2, 0.25) is 0 Å². The summed E-state index contributed by atoms with van der Waals surface area (Å²) in [6.07, 6.45) is 0.349. The summed E-state index contributed by atoms with van der Waals surface area (Å²) < 4.78 is 35.4. The Morgan fingerprint density at radius 1 is 0.952 bits per heavy atom. The predicted octanol–water partition coefficient (Wildman–Crippen LogP) is 6.07. The van der Waals surface area contributed by atoms with Gasteiger partial charge in [-0.3, -0.25) is 13.9 Å². The van der Waals surface area contributed by atoms with Crippen molar-refractivity contribution < 1.29 is 22.7 Å². The van der Waals surface area contributed by atoms with E-state index in [9.17, 15) is 18.0 Å². The zero-order chi connectivity index (χ0) is 31.1. The van der Waals surface area contributed by atoms with Crippen LogP contribution in [0.15, 0.2) is 82.2 Å². The number of carbonyl (C=O) groups is 2. The second-order valence-electron chi connectivity index (χ2n) is 11.0. The third kappa shape index (κ3) is 8.58. The lowest BCUT2D eigenvalue weighted by atomic mass is 10.0. The van der Waals surface area contributed by atoms with Gasteiger partial charge in [0.15, 0.2) is 0 Å². The monoisotopic (exact) mass is 657 g/mol. The van der Waals surface area contributed by atoms with Crippen LogP contribution in [0.25, 0.3) is 0 Å². The standard InChI is InChI=1S/C32H40BrN3O5S/c1-7-29(31(38)34-32(4,5)6)35(21-24-12-10-9-11-23(24)3)30(37)22-36(26-15-17-27(18-16-26)41-8-2)42(39,40)28-19-13-25(33)14-20-28/h9-20,29H,7-8,21-22H2,1-6H3,(H,34,38)/t29-/m0/s1. The van der Waals surface area contributed by atoms with Crippen LogP contribution in [-0.2, 0) is 26.2 Å². The van der Waals surface area contributed by atoms with E-state index >= 15 is 0 Å². The fraction of sp³-hybridized carbons (Fsp3) is 0.375. The first-order valence-electron chi connectivity index (χ1n) is 13.9. The van der Waals surface area contributed by atoms with Crippen LogP contribution in [-0.4, -0.2) is 49.9 Å². The minimum atomic E-state index is -4.16. The number of halogens is 1. The lowest BCUT2D eigenvalue weighted by Gasteiger charge is -2.35. The Balaban J connectivity index is 2.08. The molecule has 0 heterocycles. The molecular weight excluding hydrogens is 618 g/mol. The minimum Gasteiger partial charge on any atom is -0.494 e. The molecule has 0 unspecified atom stereocenters. The Morgan fingerprint density at radius 2 is 1.57 bits per heavy atom. The van der Waals surface area contributed by atoms with Crippen molar-refractivity contribution in [2.24, 2.45) is 0 Å². The summed E-state index contributed by atoms with van der Waals surface area (Å²) >= 11 is 3.35. The van der Waals surface area contributed by atoms with E-state index < -0.39 is 34.1 Å². The van der Waals surface area contributed by atoms with Crippen LogP contribution in [0.3, 0.4) is 0 Å². The van der Waals surface area contributed by atoms with Gasteiger partial charge in [-0.15, -0.1) is 0 Å². The SMILES string of the molecule is CCOc1ccc(N(CC(=O)N(Cc2ccccc2C)[C@@H](CC)C(=O)NC(C)(C)C)S(=O)(=O)c2ccc(Br)cc2)cc1. The smallest absolute Gasteiger partial charge is 0.264 e. The van der Waals surface area contributed by atoms with Crippen molar-refractivity contribution in [2.45, 2.75) is 71.0 Å². The quantitative estimate of drug-likeness (QED) is 0.255. The van der Waals surface area contributed by atoms with E-state index in [-0.39, 0.29) is 17.3 Å². The molecule has 1 N–H and O–H groups in total. The number of aryl methyl sites for hydroxylation is 1. The Hall–Kier alpha value is -3.37. The maximum atomic E-state index is 14.2. The number of carbonyl (C=O) groups excluding carboxylic acids is 2. The van der Waals surface area contributed by atoms with Gasteiger partial charge in [0, 0.05) is 16.6 Å². The molecule has 0 saturated heterocycles. The number of nitrogens with one attached hydrogen (secondary N) is 1. The van der Waals surface area contributed by atoms with Gasteiger partial charge in [0.05, 0.1) is 17.2 Å². The fourth-order valence-corrected chi connectivity index (χ4v) is 6.16. The summed E-state index contributed by atoms with van der Waals surface area (Å²) in [5, 5.41) is 2.99. The number of benzene rings is 3. The molecule has 0 aromatic heterocycles. The summed E-state index contributed by atoms with van der Waals surface area (Å²) in [6, 6.07) is 19.7.